The van der Waals surface area contributed by atoms with E-state index in [0.717, 1.165) is 16.3 Å². The van der Waals surface area contributed by atoms with Crippen LogP contribution >= 0.6 is 11.3 Å². The highest BCUT2D eigenvalue weighted by Gasteiger charge is 2.39. The summed E-state index contributed by atoms with van der Waals surface area (Å²) in [7, 11) is -3.85. The van der Waals surface area contributed by atoms with Crippen LogP contribution in [0.25, 0.3) is 21.3 Å². The molecule has 1 aromatic heterocycles. The molecule has 178 valence electrons. The minimum atomic E-state index is -3.85. The van der Waals surface area contributed by atoms with Crippen LogP contribution in [-0.4, -0.2) is 48.2 Å². The molecule has 0 bridgehead atoms. The zero-order valence-electron chi connectivity index (χ0n) is 18.4. The van der Waals surface area contributed by atoms with Crippen molar-refractivity contribution in [3.8, 4) is 22.1 Å². The second kappa shape index (κ2) is 8.59. The number of anilines is 1. The molecule has 0 aliphatic carbocycles. The maximum absolute atomic E-state index is 13.4. The van der Waals surface area contributed by atoms with Crippen molar-refractivity contribution in [2.75, 3.05) is 18.7 Å². The van der Waals surface area contributed by atoms with Crippen molar-refractivity contribution in [3.63, 3.8) is 0 Å². The van der Waals surface area contributed by atoms with Crippen molar-refractivity contribution in [3.05, 3.63) is 60.7 Å². The number of ether oxygens (including phenoxy) is 2. The molecule has 6 rings (SSSR count). The lowest BCUT2D eigenvalue weighted by atomic mass is 10.1. The second-order valence-electron chi connectivity index (χ2n) is 8.25. The molecule has 4 aromatic rings. The predicted molar refractivity (Wildman–Crippen MR) is 131 cm³/mol. The second-order valence-corrected chi connectivity index (χ2v) is 11.1. The fourth-order valence-electron chi connectivity index (χ4n) is 4.36. The van der Waals surface area contributed by atoms with Gasteiger partial charge in [0.1, 0.15) is 11.0 Å². The van der Waals surface area contributed by atoms with Gasteiger partial charge in [-0.05, 0) is 53.9 Å². The fraction of sp³-hybridized carbons (Fsp3) is 0.208. The SMILES string of the molecule is O=C(Nc1nnc(-c2ccc3c(c2)OCO3)s1)C1CCCN1S(=O)(=O)c1ccc2ccccc2c1. The number of fused-ring (bicyclic) bond motifs is 2. The van der Waals surface area contributed by atoms with Gasteiger partial charge in [-0.3, -0.25) is 10.1 Å². The first kappa shape index (κ1) is 22.0. The van der Waals surface area contributed by atoms with Gasteiger partial charge in [-0.1, -0.05) is 41.7 Å². The Morgan fingerprint density at radius 2 is 1.83 bits per heavy atom. The molecule has 0 spiro atoms. The maximum atomic E-state index is 13.4. The largest absolute Gasteiger partial charge is 0.454 e. The highest BCUT2D eigenvalue weighted by molar-refractivity contribution is 7.89. The van der Waals surface area contributed by atoms with Crippen LogP contribution in [0.1, 0.15) is 12.8 Å². The topological polar surface area (TPSA) is 111 Å². The van der Waals surface area contributed by atoms with Crippen LogP contribution in [0, 0.1) is 0 Å². The van der Waals surface area contributed by atoms with Crippen molar-refractivity contribution in [2.24, 2.45) is 0 Å². The van der Waals surface area contributed by atoms with E-state index in [4.69, 9.17) is 9.47 Å². The summed E-state index contributed by atoms with van der Waals surface area (Å²) in [5.41, 5.74) is 0.786. The Morgan fingerprint density at radius 3 is 2.71 bits per heavy atom. The van der Waals surface area contributed by atoms with Crippen LogP contribution in [0.5, 0.6) is 11.5 Å². The van der Waals surface area contributed by atoms with Crippen LogP contribution < -0.4 is 14.8 Å². The average molecular weight is 509 g/mol. The van der Waals surface area contributed by atoms with Gasteiger partial charge in [0.2, 0.25) is 27.9 Å². The van der Waals surface area contributed by atoms with Crippen molar-refractivity contribution < 1.29 is 22.7 Å². The third-order valence-corrected chi connectivity index (χ3v) is 8.90. The normalized spacial score (nSPS) is 17.7. The van der Waals surface area contributed by atoms with Crippen molar-refractivity contribution in [1.29, 1.82) is 0 Å². The van der Waals surface area contributed by atoms with Gasteiger partial charge in [-0.2, -0.15) is 4.31 Å². The zero-order chi connectivity index (χ0) is 24.0. The first-order valence-corrected chi connectivity index (χ1v) is 13.3. The third-order valence-electron chi connectivity index (χ3n) is 6.11. The lowest BCUT2D eigenvalue weighted by Crippen LogP contribution is -2.43. The molecule has 1 N–H and O–H groups in total. The van der Waals surface area contributed by atoms with Gasteiger partial charge in [0, 0.05) is 12.1 Å². The number of rotatable bonds is 5. The number of carbonyl (C=O) groups excluding carboxylic acids is 1. The Kier molecular flexibility index (Phi) is 5.39. The number of aromatic nitrogens is 2. The Bertz CT molecular complexity index is 1550. The molecular formula is C24H20N4O5S2. The molecule has 2 aliphatic rings. The zero-order valence-corrected chi connectivity index (χ0v) is 20.0. The Labute approximate surface area is 205 Å². The molecule has 1 unspecified atom stereocenters. The molecule has 3 aromatic carbocycles. The number of amides is 1. The van der Waals surface area contributed by atoms with E-state index in [2.05, 4.69) is 15.5 Å². The lowest BCUT2D eigenvalue weighted by molar-refractivity contribution is -0.119. The average Bonchev–Trinajstić information content (AvgIpc) is 3.64. The standard InChI is InChI=1S/C24H20N4O5S2/c29-22(25-24-27-26-23(34-24)17-8-10-20-21(13-17)33-14-32-20)19-6-3-11-28(19)35(30,31)18-9-7-15-4-1-2-5-16(15)12-18/h1-2,4-5,7-10,12-13,19H,3,6,11,14H2,(H,25,27,29). The van der Waals surface area contributed by atoms with Crippen molar-refractivity contribution >= 4 is 43.2 Å². The molecule has 9 nitrogen and oxygen atoms in total. The van der Waals surface area contributed by atoms with Crippen LogP contribution in [0.4, 0.5) is 5.13 Å². The van der Waals surface area contributed by atoms with Crippen molar-refractivity contribution in [1.82, 2.24) is 14.5 Å². The van der Waals surface area contributed by atoms with Crippen LogP contribution in [-0.2, 0) is 14.8 Å². The smallest absolute Gasteiger partial charge is 0.244 e. The molecular weight excluding hydrogens is 488 g/mol. The van der Waals surface area contributed by atoms with E-state index in [1.807, 2.05) is 36.4 Å². The predicted octanol–water partition coefficient (Wildman–Crippen LogP) is 3.88. The summed E-state index contributed by atoms with van der Waals surface area (Å²) in [5.74, 6) is 0.879. The number of benzene rings is 3. The Balaban J connectivity index is 1.21. The van der Waals surface area contributed by atoms with E-state index in [1.165, 1.54) is 15.6 Å². The van der Waals surface area contributed by atoms with Crippen LogP contribution in [0.3, 0.4) is 0 Å². The molecule has 1 atom stereocenters. The molecule has 0 radical (unpaired) electrons. The Hall–Kier alpha value is -3.54. The van der Waals surface area contributed by atoms with E-state index in [9.17, 15) is 13.2 Å². The summed E-state index contributed by atoms with van der Waals surface area (Å²) >= 11 is 1.21. The van der Waals surface area contributed by atoms with Crippen molar-refractivity contribution in [2.45, 2.75) is 23.8 Å². The maximum Gasteiger partial charge on any atom is 0.244 e. The number of carbonyl (C=O) groups is 1. The van der Waals surface area contributed by atoms with Gasteiger partial charge in [0.25, 0.3) is 0 Å². The van der Waals surface area contributed by atoms with E-state index in [1.54, 1.807) is 24.3 Å². The molecule has 3 heterocycles. The number of hydrogen-bond donors (Lipinski definition) is 1. The quantitative estimate of drug-likeness (QED) is 0.436. The molecule has 11 heteroatoms. The first-order chi connectivity index (χ1) is 17.0. The van der Waals surface area contributed by atoms with Crippen LogP contribution in [0.2, 0.25) is 0 Å². The van der Waals surface area contributed by atoms with Gasteiger partial charge >= 0.3 is 0 Å². The van der Waals surface area contributed by atoms with E-state index < -0.39 is 22.0 Å². The van der Waals surface area contributed by atoms with Gasteiger partial charge in [-0.25, -0.2) is 8.42 Å². The Morgan fingerprint density at radius 1 is 1.00 bits per heavy atom. The minimum Gasteiger partial charge on any atom is -0.454 e. The molecule has 35 heavy (non-hydrogen) atoms. The number of hydrogen-bond acceptors (Lipinski definition) is 8. The number of sulfonamides is 1. The van der Waals surface area contributed by atoms with E-state index in [-0.39, 0.29) is 18.2 Å². The summed E-state index contributed by atoms with van der Waals surface area (Å²) in [4.78, 5) is 13.3. The summed E-state index contributed by atoms with van der Waals surface area (Å²) in [6.07, 6.45) is 1.04. The highest BCUT2D eigenvalue weighted by atomic mass is 32.2. The van der Waals surface area contributed by atoms with Gasteiger partial charge < -0.3 is 9.47 Å². The molecule has 2 aliphatic heterocycles. The monoisotopic (exact) mass is 508 g/mol. The summed E-state index contributed by atoms with van der Waals surface area (Å²) < 4.78 is 38.9. The summed E-state index contributed by atoms with van der Waals surface area (Å²) in [6, 6.07) is 17.2. The van der Waals surface area contributed by atoms with Crippen LogP contribution in [0.15, 0.2) is 65.6 Å². The lowest BCUT2D eigenvalue weighted by Gasteiger charge is -2.23. The first-order valence-electron chi connectivity index (χ1n) is 11.0. The number of nitrogens with one attached hydrogen (secondary N) is 1. The molecule has 1 amide bonds. The highest BCUT2D eigenvalue weighted by Crippen LogP contribution is 2.37. The molecule has 1 fully saturated rings. The fourth-order valence-corrected chi connectivity index (χ4v) is 6.80. The summed E-state index contributed by atoms with van der Waals surface area (Å²) in [5, 5.41) is 13.7. The van der Waals surface area contributed by atoms with E-state index in [0.29, 0.717) is 34.5 Å². The number of nitrogens with zero attached hydrogens (tertiary/aromatic N) is 3. The van der Waals surface area contributed by atoms with Gasteiger partial charge in [0.05, 0.1) is 4.90 Å². The summed E-state index contributed by atoms with van der Waals surface area (Å²) in [6.45, 7) is 0.460. The minimum absolute atomic E-state index is 0.177. The van der Waals surface area contributed by atoms with E-state index >= 15 is 0 Å². The van der Waals surface area contributed by atoms with Gasteiger partial charge in [-0.15, -0.1) is 10.2 Å². The van der Waals surface area contributed by atoms with Gasteiger partial charge in [0.15, 0.2) is 11.5 Å². The molecule has 1 saturated heterocycles. The molecule has 0 saturated carbocycles. The third kappa shape index (κ3) is 4.01.